The second kappa shape index (κ2) is 15.3. The molecular formula is C43H42N3P. The summed E-state index contributed by atoms with van der Waals surface area (Å²) < 4.78 is 0. The van der Waals surface area contributed by atoms with Crippen LogP contribution < -0.4 is 10.6 Å². The molecule has 0 amide bonds. The summed E-state index contributed by atoms with van der Waals surface area (Å²) in [7, 11) is -0.695. The molecule has 0 bridgehead atoms. The van der Waals surface area contributed by atoms with Gasteiger partial charge in [0.25, 0.3) is 0 Å². The van der Waals surface area contributed by atoms with Crippen molar-refractivity contribution in [3.8, 4) is 17.2 Å². The largest absolute Gasteiger partial charge is 0.304 e. The van der Waals surface area contributed by atoms with Gasteiger partial charge in [0.05, 0.1) is 17.7 Å². The van der Waals surface area contributed by atoms with E-state index in [1.165, 1.54) is 17.0 Å². The van der Waals surface area contributed by atoms with Crippen molar-refractivity contribution in [3.63, 3.8) is 0 Å². The zero-order valence-corrected chi connectivity index (χ0v) is 28.2. The Kier molecular flexibility index (Phi) is 10.5. The van der Waals surface area contributed by atoms with Gasteiger partial charge < -0.3 is 5.41 Å². The first-order valence-electron chi connectivity index (χ1n) is 16.7. The molecule has 4 aromatic carbocycles. The van der Waals surface area contributed by atoms with Crippen molar-refractivity contribution in [2.75, 3.05) is 0 Å². The van der Waals surface area contributed by atoms with Crippen LogP contribution in [0.3, 0.4) is 0 Å². The van der Waals surface area contributed by atoms with Crippen molar-refractivity contribution in [1.29, 1.82) is 10.7 Å². The summed E-state index contributed by atoms with van der Waals surface area (Å²) in [5.74, 6) is 0.934. The number of nitrogens with zero attached hydrogens (tertiary/aromatic N) is 2. The van der Waals surface area contributed by atoms with Gasteiger partial charge in [-0.3, -0.25) is 4.99 Å². The summed E-state index contributed by atoms with van der Waals surface area (Å²) >= 11 is 0. The van der Waals surface area contributed by atoms with Gasteiger partial charge in [0.15, 0.2) is 0 Å². The molecule has 2 aliphatic rings. The van der Waals surface area contributed by atoms with Crippen molar-refractivity contribution in [2.24, 2.45) is 16.8 Å². The van der Waals surface area contributed by atoms with E-state index in [1.807, 2.05) is 36.4 Å². The minimum absolute atomic E-state index is 0.0765. The lowest BCUT2D eigenvalue weighted by Crippen LogP contribution is -2.23. The summed E-state index contributed by atoms with van der Waals surface area (Å²) in [5.41, 5.74) is 6.63. The lowest BCUT2D eigenvalue weighted by Gasteiger charge is -2.30. The zero-order chi connectivity index (χ0) is 32.6. The van der Waals surface area contributed by atoms with Crippen molar-refractivity contribution < 1.29 is 0 Å². The fourth-order valence-corrected chi connectivity index (χ4v) is 9.36. The second-order valence-electron chi connectivity index (χ2n) is 12.7. The summed E-state index contributed by atoms with van der Waals surface area (Å²) in [6.07, 6.45) is 17.2. The Morgan fingerprint density at radius 3 is 2.30 bits per heavy atom. The van der Waals surface area contributed by atoms with Gasteiger partial charge in [-0.25, -0.2) is 0 Å². The molecule has 234 valence electrons. The zero-order valence-electron chi connectivity index (χ0n) is 27.3. The van der Waals surface area contributed by atoms with Gasteiger partial charge in [0, 0.05) is 29.4 Å². The van der Waals surface area contributed by atoms with Crippen LogP contribution in [-0.4, -0.2) is 23.1 Å². The van der Waals surface area contributed by atoms with E-state index in [4.69, 9.17) is 10.4 Å². The smallest absolute Gasteiger partial charge is 0.0992 e. The normalized spacial score (nSPS) is 20.4. The standard InChI is InChI=1S/C43H42N3P/c1-31-21-23-40(24-22-31)47(39-19-10-5-11-20-39)41-26-33(30-44)25-38(28-41)36-17-12-18-37(27-36)43(29-42(45)35-15-8-4-9-16-35)46-32(2)34-13-6-3-7-14-34/h3-13,15-21,23,25-28,31-32,34,40,45H,14,22,24,29H2,1-2H3/t31-,32?,34?,40?,47?/m0/s1. The molecular weight excluding hydrogens is 589 g/mol. The highest BCUT2D eigenvalue weighted by atomic mass is 31.1. The minimum atomic E-state index is -0.695. The number of aliphatic imine (C=N–C) groups is 1. The van der Waals surface area contributed by atoms with Crippen LogP contribution in [0.2, 0.25) is 0 Å². The maximum atomic E-state index is 10.2. The SMILES string of the molecule is CC(N=C(CC(=N)c1ccccc1)c1cccc(-c2cc(C#N)cc(P(c3ccccc3)C3C=C[C@H](C)CC3)c2)c1)C1C=CC=CC1. The van der Waals surface area contributed by atoms with E-state index in [1.54, 1.807) is 0 Å². The Balaban J connectivity index is 1.40. The van der Waals surface area contributed by atoms with E-state index < -0.39 is 7.92 Å². The van der Waals surface area contributed by atoms with Gasteiger partial charge in [0.1, 0.15) is 0 Å². The molecule has 4 aromatic rings. The van der Waals surface area contributed by atoms with Gasteiger partial charge in [-0.2, -0.15) is 5.26 Å². The van der Waals surface area contributed by atoms with E-state index in [2.05, 4.69) is 123 Å². The summed E-state index contributed by atoms with van der Waals surface area (Å²) in [4.78, 5) is 5.29. The van der Waals surface area contributed by atoms with Crippen LogP contribution in [-0.2, 0) is 0 Å². The van der Waals surface area contributed by atoms with Gasteiger partial charge in [0.2, 0.25) is 0 Å². The molecule has 5 atom stereocenters. The quantitative estimate of drug-likeness (QED) is 0.106. The second-order valence-corrected chi connectivity index (χ2v) is 15.2. The van der Waals surface area contributed by atoms with Gasteiger partial charge in [-0.15, -0.1) is 0 Å². The number of nitriles is 1. The predicted octanol–water partition coefficient (Wildman–Crippen LogP) is 9.78. The van der Waals surface area contributed by atoms with Crippen LogP contribution in [0.15, 0.2) is 145 Å². The molecule has 3 nitrogen and oxygen atoms in total. The Bertz CT molecular complexity index is 1860. The molecule has 4 heteroatoms. The summed E-state index contributed by atoms with van der Waals surface area (Å²) in [6, 6.07) is 38.3. The molecule has 0 saturated carbocycles. The first-order chi connectivity index (χ1) is 23.0. The number of nitrogens with one attached hydrogen (secondary N) is 1. The summed E-state index contributed by atoms with van der Waals surface area (Å²) in [6.45, 7) is 4.47. The highest BCUT2D eigenvalue weighted by Crippen LogP contribution is 2.45. The third-order valence-electron chi connectivity index (χ3n) is 9.26. The third-order valence-corrected chi connectivity index (χ3v) is 12.0. The Labute approximate surface area is 281 Å². The van der Waals surface area contributed by atoms with E-state index in [9.17, 15) is 5.26 Å². The lowest BCUT2D eigenvalue weighted by molar-refractivity contribution is 0.540. The van der Waals surface area contributed by atoms with Gasteiger partial charge in [-0.1, -0.05) is 122 Å². The average Bonchev–Trinajstić information content (AvgIpc) is 3.13. The Hall–Kier alpha value is -4.64. The van der Waals surface area contributed by atoms with Crippen LogP contribution >= 0.6 is 7.92 Å². The molecule has 0 aromatic heterocycles. The highest BCUT2D eigenvalue weighted by molar-refractivity contribution is 7.73. The molecule has 2 aliphatic carbocycles. The molecule has 0 fully saturated rings. The lowest BCUT2D eigenvalue weighted by atomic mass is 9.92. The molecule has 6 rings (SSSR count). The summed E-state index contributed by atoms with van der Waals surface area (Å²) in [5, 5.41) is 21.8. The molecule has 0 spiro atoms. The van der Waals surface area contributed by atoms with E-state index in [0.29, 0.717) is 35.2 Å². The van der Waals surface area contributed by atoms with Crippen molar-refractivity contribution in [3.05, 3.63) is 156 Å². The van der Waals surface area contributed by atoms with E-state index in [-0.39, 0.29) is 6.04 Å². The maximum Gasteiger partial charge on any atom is 0.0992 e. The molecule has 0 saturated heterocycles. The topological polar surface area (TPSA) is 60.0 Å². The highest BCUT2D eigenvalue weighted by Gasteiger charge is 2.26. The van der Waals surface area contributed by atoms with Crippen LogP contribution in [0, 0.1) is 28.6 Å². The molecule has 4 unspecified atom stereocenters. The first-order valence-corrected chi connectivity index (χ1v) is 18.1. The van der Waals surface area contributed by atoms with Crippen molar-refractivity contribution >= 4 is 30.0 Å². The van der Waals surface area contributed by atoms with Crippen LogP contribution in [0.5, 0.6) is 0 Å². The third kappa shape index (κ3) is 8.02. The number of rotatable bonds is 10. The monoisotopic (exact) mass is 631 g/mol. The number of hydrogen-bond acceptors (Lipinski definition) is 3. The predicted molar refractivity (Wildman–Crippen MR) is 201 cm³/mol. The fourth-order valence-electron chi connectivity index (χ4n) is 6.57. The number of hydrogen-bond donors (Lipinski definition) is 1. The average molecular weight is 632 g/mol. The number of benzene rings is 4. The van der Waals surface area contributed by atoms with Crippen LogP contribution in [0.25, 0.3) is 11.1 Å². The maximum absolute atomic E-state index is 10.2. The molecule has 0 aliphatic heterocycles. The fraction of sp³-hybridized carbons (Fsp3) is 0.233. The van der Waals surface area contributed by atoms with Gasteiger partial charge >= 0.3 is 0 Å². The van der Waals surface area contributed by atoms with Crippen LogP contribution in [0.1, 0.15) is 56.2 Å². The van der Waals surface area contributed by atoms with Crippen molar-refractivity contribution in [1.82, 2.24) is 0 Å². The van der Waals surface area contributed by atoms with E-state index in [0.717, 1.165) is 40.8 Å². The number of allylic oxidation sites excluding steroid dienone is 5. The molecule has 1 N–H and O–H groups in total. The first kappa shape index (κ1) is 32.3. The van der Waals surface area contributed by atoms with E-state index >= 15 is 0 Å². The molecule has 0 heterocycles. The Morgan fingerprint density at radius 1 is 0.830 bits per heavy atom. The minimum Gasteiger partial charge on any atom is -0.304 e. The van der Waals surface area contributed by atoms with Gasteiger partial charge in [-0.05, 0) is 97.2 Å². The Morgan fingerprint density at radius 2 is 1.60 bits per heavy atom. The van der Waals surface area contributed by atoms with Crippen molar-refractivity contribution in [2.45, 2.75) is 51.2 Å². The molecule has 47 heavy (non-hydrogen) atoms. The van der Waals surface area contributed by atoms with Crippen LogP contribution in [0.4, 0.5) is 0 Å². The molecule has 0 radical (unpaired) electrons.